The first kappa shape index (κ1) is 16.8. The van der Waals surface area contributed by atoms with Crippen LogP contribution >= 0.6 is 0 Å². The fraction of sp³-hybridized carbons (Fsp3) is 0.750. The Morgan fingerprint density at radius 1 is 1.32 bits per heavy atom. The second-order valence-electron chi connectivity index (χ2n) is 7.18. The van der Waals surface area contributed by atoms with Gasteiger partial charge >= 0.3 is 6.09 Å². The summed E-state index contributed by atoms with van der Waals surface area (Å²) in [6.07, 6.45) is 2.79. The number of piperidine rings is 1. The van der Waals surface area contributed by atoms with Crippen molar-refractivity contribution in [3.63, 3.8) is 0 Å². The smallest absolute Gasteiger partial charge is 0.410 e. The van der Waals surface area contributed by atoms with Gasteiger partial charge in [0.25, 0.3) is 0 Å². The van der Waals surface area contributed by atoms with Crippen molar-refractivity contribution in [2.75, 3.05) is 33.8 Å². The second-order valence-corrected chi connectivity index (χ2v) is 7.18. The molecule has 1 amide bonds. The third-order valence-electron chi connectivity index (χ3n) is 3.88. The van der Waals surface area contributed by atoms with Gasteiger partial charge in [0.05, 0.1) is 0 Å². The van der Waals surface area contributed by atoms with E-state index >= 15 is 0 Å². The molecule has 0 atom stereocenters. The third-order valence-corrected chi connectivity index (χ3v) is 3.88. The maximum absolute atomic E-state index is 12.1. The molecule has 2 aliphatic heterocycles. The minimum Gasteiger partial charge on any atom is -0.444 e. The molecule has 2 aliphatic rings. The van der Waals surface area contributed by atoms with Gasteiger partial charge in [0.1, 0.15) is 17.8 Å². The number of rotatable bonds is 1. The van der Waals surface area contributed by atoms with Crippen molar-refractivity contribution < 1.29 is 19.1 Å². The van der Waals surface area contributed by atoms with Crippen LogP contribution in [0.25, 0.3) is 0 Å². The molecule has 2 heterocycles. The molecule has 0 bridgehead atoms. The molecule has 0 aliphatic carbocycles. The first-order valence-electron chi connectivity index (χ1n) is 7.67. The quantitative estimate of drug-likeness (QED) is 0.691. The summed E-state index contributed by atoms with van der Waals surface area (Å²) in [5.41, 5.74) is -0.316. The Labute approximate surface area is 132 Å². The molecule has 2 saturated heterocycles. The molecule has 124 valence electrons. The van der Waals surface area contributed by atoms with E-state index in [-0.39, 0.29) is 18.5 Å². The zero-order valence-corrected chi connectivity index (χ0v) is 14.1. The molecule has 2 fully saturated rings. The summed E-state index contributed by atoms with van der Waals surface area (Å²) in [7, 11) is 3.78. The van der Waals surface area contributed by atoms with Crippen LogP contribution in [0.4, 0.5) is 4.79 Å². The molecular weight excluding hydrogens is 284 g/mol. The Morgan fingerprint density at radius 2 is 1.91 bits per heavy atom. The van der Waals surface area contributed by atoms with Crippen LogP contribution in [0.15, 0.2) is 11.8 Å². The van der Waals surface area contributed by atoms with Crippen molar-refractivity contribution >= 4 is 11.9 Å². The molecule has 0 saturated carbocycles. The van der Waals surface area contributed by atoms with E-state index in [2.05, 4.69) is 0 Å². The molecule has 0 aromatic heterocycles. The van der Waals surface area contributed by atoms with Gasteiger partial charge in [-0.15, -0.1) is 0 Å². The van der Waals surface area contributed by atoms with Gasteiger partial charge < -0.3 is 19.3 Å². The lowest BCUT2D eigenvalue weighted by Gasteiger charge is -2.39. The number of ketones is 1. The molecule has 1 spiro atoms. The molecule has 6 heteroatoms. The van der Waals surface area contributed by atoms with E-state index in [9.17, 15) is 9.59 Å². The summed E-state index contributed by atoms with van der Waals surface area (Å²) in [5, 5.41) is 0. The Bertz CT molecular complexity index is 483. The average Bonchev–Trinajstić information content (AvgIpc) is 2.67. The first-order chi connectivity index (χ1) is 10.1. The van der Waals surface area contributed by atoms with Crippen LogP contribution in [-0.4, -0.2) is 66.7 Å². The third kappa shape index (κ3) is 3.61. The minimum absolute atomic E-state index is 0.0411. The average molecular weight is 310 g/mol. The Morgan fingerprint density at radius 3 is 2.41 bits per heavy atom. The van der Waals surface area contributed by atoms with E-state index in [1.165, 1.54) is 0 Å². The number of ether oxygens (including phenoxy) is 2. The van der Waals surface area contributed by atoms with E-state index in [0.717, 1.165) is 5.57 Å². The summed E-state index contributed by atoms with van der Waals surface area (Å²) in [6, 6.07) is 0. The van der Waals surface area contributed by atoms with Crippen molar-refractivity contribution in [2.24, 2.45) is 0 Å². The van der Waals surface area contributed by atoms with Crippen LogP contribution < -0.4 is 0 Å². The predicted octanol–water partition coefficient (Wildman–Crippen LogP) is 1.80. The van der Waals surface area contributed by atoms with Gasteiger partial charge in [0.2, 0.25) is 0 Å². The van der Waals surface area contributed by atoms with Crippen molar-refractivity contribution in [1.82, 2.24) is 9.80 Å². The summed E-state index contributed by atoms with van der Waals surface area (Å²) in [4.78, 5) is 27.7. The van der Waals surface area contributed by atoms with Crippen molar-refractivity contribution in [3.8, 4) is 0 Å². The van der Waals surface area contributed by atoms with E-state index in [4.69, 9.17) is 9.47 Å². The number of likely N-dealkylation sites (tertiary alicyclic amines) is 1. The zero-order chi connectivity index (χ0) is 16.5. The zero-order valence-electron chi connectivity index (χ0n) is 14.1. The maximum Gasteiger partial charge on any atom is 0.410 e. The van der Waals surface area contributed by atoms with Crippen molar-refractivity contribution in [3.05, 3.63) is 11.8 Å². The molecule has 0 N–H and O–H groups in total. The van der Waals surface area contributed by atoms with Crippen molar-refractivity contribution in [1.29, 1.82) is 0 Å². The highest BCUT2D eigenvalue weighted by Gasteiger charge is 2.47. The summed E-state index contributed by atoms with van der Waals surface area (Å²) in [5.74, 6) is 0.0411. The van der Waals surface area contributed by atoms with Gasteiger partial charge in [-0.05, 0) is 33.6 Å². The van der Waals surface area contributed by atoms with Crippen LogP contribution in [0.1, 0.15) is 33.6 Å². The summed E-state index contributed by atoms with van der Waals surface area (Å²) < 4.78 is 11.2. The van der Waals surface area contributed by atoms with Crippen LogP contribution in [0, 0.1) is 0 Å². The Hall–Kier alpha value is -1.56. The highest BCUT2D eigenvalue weighted by atomic mass is 16.6. The molecule has 0 aromatic rings. The van der Waals surface area contributed by atoms with E-state index < -0.39 is 11.2 Å². The largest absolute Gasteiger partial charge is 0.444 e. The lowest BCUT2D eigenvalue weighted by Crippen LogP contribution is -2.48. The van der Waals surface area contributed by atoms with Gasteiger partial charge in [-0.1, -0.05) is 0 Å². The first-order valence-corrected chi connectivity index (χ1v) is 7.67. The number of Topliss-reactive ketones (excluding diaryl/α,β-unsaturated/α-hetero) is 1. The highest BCUT2D eigenvalue weighted by Crippen LogP contribution is 2.38. The maximum atomic E-state index is 12.1. The molecule has 22 heavy (non-hydrogen) atoms. The van der Waals surface area contributed by atoms with Gasteiger partial charge in [0, 0.05) is 39.0 Å². The molecule has 0 radical (unpaired) electrons. The van der Waals surface area contributed by atoms with E-state index in [1.807, 2.05) is 46.0 Å². The van der Waals surface area contributed by atoms with Crippen LogP contribution in [-0.2, 0) is 14.3 Å². The molecule has 6 nitrogen and oxygen atoms in total. The number of hydrogen-bond donors (Lipinski definition) is 0. The second kappa shape index (κ2) is 5.91. The van der Waals surface area contributed by atoms with Gasteiger partial charge in [-0.2, -0.15) is 0 Å². The van der Waals surface area contributed by atoms with E-state index in [1.54, 1.807) is 4.90 Å². The van der Waals surface area contributed by atoms with Crippen LogP contribution in [0.2, 0.25) is 0 Å². The molecule has 0 aromatic carbocycles. The minimum atomic E-state index is -0.542. The number of hydrogen-bond acceptors (Lipinski definition) is 5. The standard InChI is InChI=1S/C16H26N2O4/c1-15(2,3)22-14(20)18-8-6-16(7-9-18)12(10-17(4)5)13(19)11-21-16/h10H,6-9,11H2,1-5H3. The summed E-state index contributed by atoms with van der Waals surface area (Å²) in [6.45, 7) is 6.76. The molecule has 0 unspecified atom stereocenters. The van der Waals surface area contributed by atoms with Gasteiger partial charge in [-0.3, -0.25) is 4.79 Å². The SMILES string of the molecule is CN(C)C=C1C(=O)COC12CCN(C(=O)OC(C)(C)C)CC2. The van der Waals surface area contributed by atoms with Gasteiger partial charge in [-0.25, -0.2) is 4.79 Å². The fourth-order valence-electron chi connectivity index (χ4n) is 2.85. The lowest BCUT2D eigenvalue weighted by atomic mass is 9.84. The van der Waals surface area contributed by atoms with Crippen LogP contribution in [0.3, 0.4) is 0 Å². The lowest BCUT2D eigenvalue weighted by molar-refractivity contribution is -0.116. The number of carbonyl (C=O) groups is 2. The Balaban J connectivity index is 2.05. The fourth-order valence-corrected chi connectivity index (χ4v) is 2.85. The van der Waals surface area contributed by atoms with Crippen molar-refractivity contribution in [2.45, 2.75) is 44.8 Å². The molecule has 2 rings (SSSR count). The Kier molecular flexibility index (Phi) is 4.52. The number of amides is 1. The highest BCUT2D eigenvalue weighted by molar-refractivity contribution is 6.00. The van der Waals surface area contributed by atoms with Crippen LogP contribution in [0.5, 0.6) is 0 Å². The monoisotopic (exact) mass is 310 g/mol. The number of carbonyl (C=O) groups excluding carboxylic acids is 2. The number of nitrogens with zero attached hydrogens (tertiary/aromatic N) is 2. The predicted molar refractivity (Wildman–Crippen MR) is 82.5 cm³/mol. The summed E-state index contributed by atoms with van der Waals surface area (Å²) >= 11 is 0. The van der Waals surface area contributed by atoms with Gasteiger partial charge in [0.15, 0.2) is 5.78 Å². The normalized spacial score (nSPS) is 23.2. The topological polar surface area (TPSA) is 59.1 Å². The van der Waals surface area contributed by atoms with E-state index in [0.29, 0.717) is 25.9 Å². The molecular formula is C16H26N2O4.